The molecule has 0 unspecified atom stereocenters. The minimum Gasteiger partial charge on any atom is -0.468 e. The molecule has 0 aliphatic heterocycles. The number of benzene rings is 1. The second-order valence-corrected chi connectivity index (χ2v) is 5.41. The van der Waals surface area contributed by atoms with E-state index in [4.69, 9.17) is 15.9 Å². The van der Waals surface area contributed by atoms with E-state index >= 15 is 0 Å². The maximum Gasteiger partial charge on any atom is 0.324 e. The number of rotatable bonds is 6. The summed E-state index contributed by atoms with van der Waals surface area (Å²) in [5.41, 5.74) is 1.79. The zero-order valence-electron chi connectivity index (χ0n) is 14.0. The van der Waals surface area contributed by atoms with Crippen molar-refractivity contribution in [2.45, 2.75) is 26.7 Å². The molecule has 23 heavy (non-hydrogen) atoms. The van der Waals surface area contributed by atoms with Gasteiger partial charge in [0.05, 0.1) is 14.2 Å². The number of methoxy groups -OCH3 is 2. The molecule has 1 aromatic carbocycles. The van der Waals surface area contributed by atoms with E-state index in [1.165, 1.54) is 19.8 Å². The summed E-state index contributed by atoms with van der Waals surface area (Å²) in [4.78, 5) is 24.3. The lowest BCUT2D eigenvalue weighted by Gasteiger charge is -2.24. The highest BCUT2D eigenvalue weighted by Gasteiger charge is 2.46. The van der Waals surface area contributed by atoms with Crippen molar-refractivity contribution in [1.82, 2.24) is 0 Å². The van der Waals surface area contributed by atoms with Crippen LogP contribution in [-0.4, -0.2) is 26.2 Å². The van der Waals surface area contributed by atoms with Crippen molar-refractivity contribution in [2.75, 3.05) is 14.2 Å². The van der Waals surface area contributed by atoms with E-state index in [1.807, 2.05) is 32.1 Å². The minimum atomic E-state index is -1.51. The highest BCUT2D eigenvalue weighted by molar-refractivity contribution is 6.00. The number of terminal acetylenes is 1. The van der Waals surface area contributed by atoms with Crippen molar-refractivity contribution in [3.63, 3.8) is 0 Å². The van der Waals surface area contributed by atoms with E-state index < -0.39 is 17.4 Å². The molecule has 1 aromatic rings. The standard InChI is InChI=1S/C19H22O4/c1-6-11-19(17(20)22-4,18(21)23-5)12-7-8-16-10-9-14(2)13-15(16)3/h1,7-10,13H,11-12H2,2-5H3/b8-7+. The second-order valence-electron chi connectivity index (χ2n) is 5.41. The molecule has 0 fully saturated rings. The molecule has 0 aromatic heterocycles. The average molecular weight is 314 g/mol. The third kappa shape index (κ3) is 4.23. The van der Waals surface area contributed by atoms with Crippen LogP contribution in [0.3, 0.4) is 0 Å². The Kier molecular flexibility index (Phi) is 6.59. The monoisotopic (exact) mass is 314 g/mol. The van der Waals surface area contributed by atoms with Gasteiger partial charge in [-0.1, -0.05) is 35.9 Å². The molecule has 0 aliphatic rings. The lowest BCUT2D eigenvalue weighted by Crippen LogP contribution is -2.40. The van der Waals surface area contributed by atoms with Crippen LogP contribution in [0.4, 0.5) is 0 Å². The van der Waals surface area contributed by atoms with Crippen LogP contribution in [0.25, 0.3) is 6.08 Å². The zero-order chi connectivity index (χ0) is 17.5. The number of hydrogen-bond donors (Lipinski definition) is 0. The molecule has 0 amide bonds. The summed E-state index contributed by atoms with van der Waals surface area (Å²) in [6.07, 6.45) is 8.99. The van der Waals surface area contributed by atoms with Gasteiger partial charge in [0.1, 0.15) is 0 Å². The molecule has 4 heteroatoms. The first kappa shape index (κ1) is 18.5. The van der Waals surface area contributed by atoms with Gasteiger partial charge in [-0.15, -0.1) is 12.3 Å². The molecule has 0 N–H and O–H groups in total. The molecular formula is C19H22O4. The van der Waals surface area contributed by atoms with Gasteiger partial charge in [-0.25, -0.2) is 0 Å². The highest BCUT2D eigenvalue weighted by Crippen LogP contribution is 2.31. The van der Waals surface area contributed by atoms with Crippen LogP contribution >= 0.6 is 0 Å². The van der Waals surface area contributed by atoms with E-state index in [9.17, 15) is 9.59 Å². The summed E-state index contributed by atoms with van der Waals surface area (Å²) in [6, 6.07) is 6.05. The third-order valence-electron chi connectivity index (χ3n) is 3.75. The first-order valence-corrected chi connectivity index (χ1v) is 7.25. The quantitative estimate of drug-likeness (QED) is 0.460. The summed E-state index contributed by atoms with van der Waals surface area (Å²) in [5, 5.41) is 0. The van der Waals surface area contributed by atoms with Gasteiger partial charge in [0.2, 0.25) is 0 Å². The third-order valence-corrected chi connectivity index (χ3v) is 3.75. The van der Waals surface area contributed by atoms with Crippen molar-refractivity contribution in [3.8, 4) is 12.3 Å². The molecule has 0 saturated carbocycles. The van der Waals surface area contributed by atoms with E-state index in [-0.39, 0.29) is 12.8 Å². The highest BCUT2D eigenvalue weighted by atomic mass is 16.5. The van der Waals surface area contributed by atoms with Gasteiger partial charge in [0.25, 0.3) is 0 Å². The Balaban J connectivity index is 3.10. The van der Waals surface area contributed by atoms with Gasteiger partial charge in [-0.3, -0.25) is 9.59 Å². The van der Waals surface area contributed by atoms with E-state index in [1.54, 1.807) is 6.08 Å². The molecule has 0 saturated heterocycles. The number of esters is 2. The molecular weight excluding hydrogens is 292 g/mol. The summed E-state index contributed by atoms with van der Waals surface area (Å²) < 4.78 is 9.53. The maximum absolute atomic E-state index is 12.1. The van der Waals surface area contributed by atoms with Crippen molar-refractivity contribution >= 4 is 18.0 Å². The molecule has 0 aliphatic carbocycles. The lowest BCUT2D eigenvalue weighted by atomic mass is 9.81. The number of ether oxygens (including phenoxy) is 2. The Morgan fingerprint density at radius 3 is 2.30 bits per heavy atom. The number of carbonyl (C=O) groups excluding carboxylic acids is 2. The molecule has 0 spiro atoms. The topological polar surface area (TPSA) is 52.6 Å². The van der Waals surface area contributed by atoms with Crippen molar-refractivity contribution in [1.29, 1.82) is 0 Å². The second kappa shape index (κ2) is 8.19. The largest absolute Gasteiger partial charge is 0.468 e. The number of hydrogen-bond acceptors (Lipinski definition) is 4. The average Bonchev–Trinajstić information content (AvgIpc) is 2.54. The van der Waals surface area contributed by atoms with E-state index in [0.29, 0.717) is 0 Å². The van der Waals surface area contributed by atoms with Gasteiger partial charge in [0.15, 0.2) is 5.41 Å². The van der Waals surface area contributed by atoms with E-state index in [0.717, 1.165) is 11.1 Å². The van der Waals surface area contributed by atoms with Crippen LogP contribution in [0.1, 0.15) is 29.5 Å². The van der Waals surface area contributed by atoms with Crippen molar-refractivity contribution in [2.24, 2.45) is 5.41 Å². The van der Waals surface area contributed by atoms with Gasteiger partial charge in [-0.2, -0.15) is 0 Å². The van der Waals surface area contributed by atoms with Gasteiger partial charge in [-0.05, 0) is 31.4 Å². The van der Waals surface area contributed by atoms with Crippen LogP contribution in [0.5, 0.6) is 0 Å². The van der Waals surface area contributed by atoms with Gasteiger partial charge >= 0.3 is 11.9 Å². The van der Waals surface area contributed by atoms with Gasteiger partial charge in [0, 0.05) is 6.42 Å². The molecule has 0 atom stereocenters. The lowest BCUT2D eigenvalue weighted by molar-refractivity contribution is -0.168. The van der Waals surface area contributed by atoms with Crippen LogP contribution in [-0.2, 0) is 19.1 Å². The summed E-state index contributed by atoms with van der Waals surface area (Å²) >= 11 is 0. The predicted molar refractivity (Wildman–Crippen MR) is 89.5 cm³/mol. The molecule has 122 valence electrons. The first-order chi connectivity index (χ1) is 10.9. The molecule has 0 radical (unpaired) electrons. The van der Waals surface area contributed by atoms with Crippen molar-refractivity contribution < 1.29 is 19.1 Å². The summed E-state index contributed by atoms with van der Waals surface area (Å²) in [5.74, 6) is 0.996. The molecule has 0 heterocycles. The minimum absolute atomic E-state index is 0.0798. The van der Waals surface area contributed by atoms with Crippen LogP contribution in [0.2, 0.25) is 0 Å². The Labute approximate surface area is 137 Å². The number of allylic oxidation sites excluding steroid dienone is 1. The predicted octanol–water partition coefficient (Wildman–Crippen LogP) is 3.06. The fourth-order valence-corrected chi connectivity index (χ4v) is 2.43. The molecule has 4 nitrogen and oxygen atoms in total. The number of aryl methyl sites for hydroxylation is 2. The fraction of sp³-hybridized carbons (Fsp3) is 0.368. The summed E-state index contributed by atoms with van der Waals surface area (Å²) in [7, 11) is 2.45. The smallest absolute Gasteiger partial charge is 0.324 e. The Morgan fingerprint density at radius 2 is 1.83 bits per heavy atom. The summed E-state index contributed by atoms with van der Waals surface area (Å²) in [6.45, 7) is 4.02. The fourth-order valence-electron chi connectivity index (χ4n) is 2.43. The van der Waals surface area contributed by atoms with Crippen molar-refractivity contribution in [3.05, 3.63) is 41.0 Å². The normalized spacial score (nSPS) is 11.1. The van der Waals surface area contributed by atoms with Crippen LogP contribution < -0.4 is 0 Å². The van der Waals surface area contributed by atoms with Gasteiger partial charge < -0.3 is 9.47 Å². The first-order valence-electron chi connectivity index (χ1n) is 7.25. The Morgan fingerprint density at radius 1 is 1.22 bits per heavy atom. The zero-order valence-corrected chi connectivity index (χ0v) is 14.0. The molecule has 1 rings (SSSR count). The maximum atomic E-state index is 12.1. The molecule has 0 bridgehead atoms. The number of carbonyl (C=O) groups is 2. The van der Waals surface area contributed by atoms with Crippen LogP contribution in [0.15, 0.2) is 24.3 Å². The SMILES string of the molecule is C#CCC(C/C=C/c1ccc(C)cc1C)(C(=O)OC)C(=O)OC. The van der Waals surface area contributed by atoms with E-state index in [2.05, 4.69) is 12.0 Å². The Hall–Kier alpha value is -2.54. The Bertz CT molecular complexity index is 634. The van der Waals surface area contributed by atoms with Crippen LogP contribution in [0, 0.1) is 31.6 Å².